The van der Waals surface area contributed by atoms with E-state index < -0.39 is 21.6 Å². The van der Waals surface area contributed by atoms with Gasteiger partial charge >= 0.3 is 0 Å². The lowest BCUT2D eigenvalue weighted by Crippen LogP contribution is -2.28. The fourth-order valence-electron chi connectivity index (χ4n) is 2.40. The number of aromatic nitrogens is 5. The molecule has 3 rings (SSSR count). The van der Waals surface area contributed by atoms with Gasteiger partial charge in [0.05, 0.1) is 27.8 Å². The van der Waals surface area contributed by atoms with Gasteiger partial charge in [0, 0.05) is 7.05 Å². The Bertz CT molecular complexity index is 1140. The lowest BCUT2D eigenvalue weighted by molar-refractivity contribution is 0.553. The quantitative estimate of drug-likeness (QED) is 0.661. The summed E-state index contributed by atoms with van der Waals surface area (Å²) in [5.74, 6) is 0.474. The first-order chi connectivity index (χ1) is 12.7. The largest absolute Gasteiger partial charge is 0.319 e. The highest BCUT2D eigenvalue weighted by Gasteiger charge is 2.21. The van der Waals surface area contributed by atoms with Crippen LogP contribution in [0.15, 0.2) is 46.5 Å². The Labute approximate surface area is 164 Å². The molecular formula is C15H14Cl2N6O3S. The summed E-state index contributed by atoms with van der Waals surface area (Å²) in [6.07, 6.45) is 2.72. The minimum Gasteiger partial charge on any atom is -0.319 e. The van der Waals surface area contributed by atoms with E-state index in [1.165, 1.54) is 36.8 Å². The van der Waals surface area contributed by atoms with Gasteiger partial charge in [-0.15, -0.1) is 10.2 Å². The summed E-state index contributed by atoms with van der Waals surface area (Å²) in [6.45, 7) is 1.66. The van der Waals surface area contributed by atoms with E-state index in [1.807, 2.05) is 0 Å². The third-order valence-electron chi connectivity index (χ3n) is 3.73. The maximum atomic E-state index is 12.6. The maximum Gasteiger partial charge on any atom is 0.291 e. The fraction of sp³-hybridized carbons (Fsp3) is 0.200. The van der Waals surface area contributed by atoms with Crippen molar-refractivity contribution in [3.8, 4) is 5.69 Å². The molecule has 0 saturated heterocycles. The number of halogens is 2. The first-order valence-electron chi connectivity index (χ1n) is 7.60. The Hall–Kier alpha value is -2.27. The second-order valence-corrected chi connectivity index (χ2v) is 8.16. The number of hydrogen-bond acceptors (Lipinski definition) is 6. The zero-order valence-electron chi connectivity index (χ0n) is 14.2. The van der Waals surface area contributed by atoms with Crippen molar-refractivity contribution in [2.75, 3.05) is 0 Å². The third-order valence-corrected chi connectivity index (χ3v) is 6.04. The zero-order chi connectivity index (χ0) is 19.8. The van der Waals surface area contributed by atoms with Crippen LogP contribution in [-0.4, -0.2) is 33.0 Å². The average Bonchev–Trinajstić information content (AvgIpc) is 3.06. The number of hydrogen-bond donors (Lipinski definition) is 1. The predicted octanol–water partition coefficient (Wildman–Crippen LogP) is 1.71. The third kappa shape index (κ3) is 3.88. The molecule has 9 nitrogen and oxygen atoms in total. The summed E-state index contributed by atoms with van der Waals surface area (Å²) >= 11 is 11.6. The topological polar surface area (TPSA) is 112 Å². The van der Waals surface area contributed by atoms with Crippen LogP contribution >= 0.6 is 23.2 Å². The van der Waals surface area contributed by atoms with Gasteiger partial charge in [-0.1, -0.05) is 23.2 Å². The number of aryl methyl sites for hydroxylation is 1. The molecule has 12 heteroatoms. The molecule has 0 radical (unpaired) electrons. The first kappa shape index (κ1) is 19.5. The molecule has 2 heterocycles. The second-order valence-electron chi connectivity index (χ2n) is 5.66. The Morgan fingerprint density at radius 2 is 1.85 bits per heavy atom. The molecule has 0 bridgehead atoms. The molecule has 0 amide bonds. The zero-order valence-corrected chi connectivity index (χ0v) is 16.5. The number of nitrogens with one attached hydrogen (secondary N) is 1. The second kappa shape index (κ2) is 7.39. The van der Waals surface area contributed by atoms with Gasteiger partial charge in [0.25, 0.3) is 5.56 Å². The van der Waals surface area contributed by atoms with Crippen molar-refractivity contribution in [3.05, 3.63) is 63.0 Å². The number of benzene rings is 1. The predicted molar refractivity (Wildman–Crippen MR) is 99.6 cm³/mol. The summed E-state index contributed by atoms with van der Waals surface area (Å²) in [5.41, 5.74) is -0.257. The summed E-state index contributed by atoms with van der Waals surface area (Å²) < 4.78 is 30.3. The molecule has 2 aromatic heterocycles. The molecule has 0 fully saturated rings. The van der Waals surface area contributed by atoms with Crippen molar-refractivity contribution >= 4 is 33.2 Å². The van der Waals surface area contributed by atoms with Gasteiger partial charge in [-0.05, 0) is 31.2 Å². The molecule has 0 aliphatic rings. The molecule has 142 valence electrons. The van der Waals surface area contributed by atoms with Crippen molar-refractivity contribution in [3.63, 3.8) is 0 Å². The lowest BCUT2D eigenvalue weighted by atomic mass is 10.3. The molecule has 0 aliphatic carbocycles. The van der Waals surface area contributed by atoms with Crippen LogP contribution in [0.4, 0.5) is 0 Å². The van der Waals surface area contributed by atoms with E-state index in [0.29, 0.717) is 11.5 Å². The summed E-state index contributed by atoms with van der Waals surface area (Å²) in [5, 5.41) is 11.4. The van der Waals surface area contributed by atoms with Crippen LogP contribution in [0.5, 0.6) is 0 Å². The molecular weight excluding hydrogens is 415 g/mol. The standard InChI is InChI=1S/C15H14Cl2N6O3S/c1-9(14-20-18-8-22(14)2)21-27(25,26)11-5-3-10(4-6-11)23-15(24)13(17)12(16)7-19-23/h3-9,21H,1-2H3. The molecule has 1 aromatic carbocycles. The van der Waals surface area contributed by atoms with Gasteiger partial charge in [-0.25, -0.2) is 13.1 Å². The minimum absolute atomic E-state index is 0.0216. The summed E-state index contributed by atoms with van der Waals surface area (Å²) in [7, 11) is -2.09. The smallest absolute Gasteiger partial charge is 0.291 e. The van der Waals surface area contributed by atoms with Gasteiger partial charge in [-0.2, -0.15) is 9.78 Å². The minimum atomic E-state index is -3.81. The average molecular weight is 429 g/mol. The van der Waals surface area contributed by atoms with Crippen molar-refractivity contribution in [1.29, 1.82) is 0 Å². The Morgan fingerprint density at radius 1 is 1.19 bits per heavy atom. The van der Waals surface area contributed by atoms with Gasteiger partial charge < -0.3 is 4.57 Å². The van der Waals surface area contributed by atoms with Crippen molar-refractivity contribution in [1.82, 2.24) is 29.3 Å². The van der Waals surface area contributed by atoms with Crippen LogP contribution in [0.25, 0.3) is 5.69 Å². The number of nitrogens with zero attached hydrogens (tertiary/aromatic N) is 5. The Kier molecular flexibility index (Phi) is 5.33. The van der Waals surface area contributed by atoms with Crippen LogP contribution in [0.3, 0.4) is 0 Å². The maximum absolute atomic E-state index is 12.6. The van der Waals surface area contributed by atoms with E-state index in [9.17, 15) is 13.2 Å². The highest BCUT2D eigenvalue weighted by atomic mass is 35.5. The van der Waals surface area contributed by atoms with Crippen molar-refractivity contribution < 1.29 is 8.42 Å². The van der Waals surface area contributed by atoms with Crippen LogP contribution in [0.2, 0.25) is 10.0 Å². The van der Waals surface area contributed by atoms with E-state index in [1.54, 1.807) is 18.5 Å². The lowest BCUT2D eigenvalue weighted by Gasteiger charge is -2.14. The van der Waals surface area contributed by atoms with Crippen LogP contribution in [-0.2, 0) is 17.1 Å². The normalized spacial score (nSPS) is 12.9. The Balaban J connectivity index is 1.88. The molecule has 0 saturated carbocycles. The monoisotopic (exact) mass is 428 g/mol. The van der Waals surface area contributed by atoms with E-state index in [4.69, 9.17) is 23.2 Å². The van der Waals surface area contributed by atoms with E-state index >= 15 is 0 Å². The van der Waals surface area contributed by atoms with Gasteiger partial charge in [-0.3, -0.25) is 4.79 Å². The Morgan fingerprint density at radius 3 is 2.44 bits per heavy atom. The van der Waals surface area contributed by atoms with Crippen LogP contribution in [0.1, 0.15) is 18.8 Å². The first-order valence-corrected chi connectivity index (χ1v) is 9.84. The van der Waals surface area contributed by atoms with Crippen molar-refractivity contribution in [2.24, 2.45) is 7.05 Å². The SMILES string of the molecule is CC(NS(=O)(=O)c1ccc(-n2ncc(Cl)c(Cl)c2=O)cc1)c1nncn1C. The van der Waals surface area contributed by atoms with Crippen LogP contribution < -0.4 is 10.3 Å². The highest BCUT2D eigenvalue weighted by Crippen LogP contribution is 2.18. The fourth-order valence-corrected chi connectivity index (χ4v) is 3.86. The molecule has 1 unspecified atom stereocenters. The molecule has 3 aromatic rings. The van der Waals surface area contributed by atoms with Crippen LogP contribution in [0, 0.1) is 0 Å². The van der Waals surface area contributed by atoms with Crippen molar-refractivity contribution in [2.45, 2.75) is 17.9 Å². The van der Waals surface area contributed by atoms with E-state index in [0.717, 1.165) is 4.68 Å². The van der Waals surface area contributed by atoms with Gasteiger partial charge in [0.1, 0.15) is 17.2 Å². The van der Waals surface area contributed by atoms with Gasteiger partial charge in [0.2, 0.25) is 10.0 Å². The molecule has 1 N–H and O–H groups in total. The highest BCUT2D eigenvalue weighted by molar-refractivity contribution is 7.89. The summed E-state index contributed by atoms with van der Waals surface area (Å²) in [6, 6.07) is 5.02. The number of sulfonamides is 1. The van der Waals surface area contributed by atoms with E-state index in [-0.39, 0.29) is 14.9 Å². The van der Waals surface area contributed by atoms with Gasteiger partial charge in [0.15, 0.2) is 0 Å². The molecule has 0 spiro atoms. The van der Waals surface area contributed by atoms with E-state index in [2.05, 4.69) is 20.0 Å². The molecule has 1 atom stereocenters. The summed E-state index contributed by atoms with van der Waals surface area (Å²) in [4.78, 5) is 12.1. The number of rotatable bonds is 5. The molecule has 0 aliphatic heterocycles. The molecule has 27 heavy (non-hydrogen) atoms.